The summed E-state index contributed by atoms with van der Waals surface area (Å²) in [6.07, 6.45) is -0.963. The first-order valence-corrected chi connectivity index (χ1v) is 6.55. The summed E-state index contributed by atoms with van der Waals surface area (Å²) in [5.74, 6) is -0.0976. The van der Waals surface area contributed by atoms with Crippen molar-refractivity contribution in [1.82, 2.24) is 0 Å². The summed E-state index contributed by atoms with van der Waals surface area (Å²) in [5, 5.41) is 13.6. The molecule has 0 bridgehead atoms. The number of aliphatic hydroxyl groups excluding tert-OH is 1. The minimum atomic E-state index is -0.963. The zero-order valence-electron chi connectivity index (χ0n) is 10.1. The summed E-state index contributed by atoms with van der Waals surface area (Å²) >= 11 is 1.43. The molecule has 3 rings (SSSR count). The second-order valence-electron chi connectivity index (χ2n) is 4.32. The molecule has 2 aromatic rings. The highest BCUT2D eigenvalue weighted by Crippen LogP contribution is 2.44. The molecule has 6 heteroatoms. The molecule has 0 aliphatic carbocycles. The van der Waals surface area contributed by atoms with Crippen LogP contribution in [0.3, 0.4) is 0 Å². The van der Waals surface area contributed by atoms with Crippen LogP contribution in [-0.2, 0) is 0 Å². The van der Waals surface area contributed by atoms with E-state index in [1.54, 1.807) is 6.07 Å². The van der Waals surface area contributed by atoms with E-state index >= 15 is 0 Å². The number of rotatable bonds is 1. The van der Waals surface area contributed by atoms with E-state index in [0.717, 1.165) is 21.0 Å². The van der Waals surface area contributed by atoms with Crippen LogP contribution in [0.1, 0.15) is 17.4 Å². The first-order valence-electron chi connectivity index (χ1n) is 5.74. The molecule has 2 heterocycles. The third-order valence-corrected chi connectivity index (χ3v) is 4.31. The molecule has 0 amide bonds. The Labute approximate surface area is 113 Å². The molecule has 0 saturated heterocycles. The number of guanidine groups is 1. The number of aliphatic hydroxyl groups is 1. The van der Waals surface area contributed by atoms with Crippen LogP contribution in [0.4, 0.5) is 9.39 Å². The predicted octanol–water partition coefficient (Wildman–Crippen LogP) is 2.59. The van der Waals surface area contributed by atoms with Gasteiger partial charge in [-0.3, -0.25) is 0 Å². The number of nitrogens with zero attached hydrogens (tertiary/aromatic N) is 1. The van der Waals surface area contributed by atoms with E-state index in [4.69, 9.17) is 5.73 Å². The Morgan fingerprint density at radius 1 is 1.47 bits per heavy atom. The lowest BCUT2D eigenvalue weighted by molar-refractivity contribution is 0.188. The van der Waals surface area contributed by atoms with Crippen LogP contribution in [0.25, 0.3) is 10.4 Å². The van der Waals surface area contributed by atoms with E-state index < -0.39 is 6.23 Å². The van der Waals surface area contributed by atoms with Gasteiger partial charge in [0.2, 0.25) is 0 Å². The number of aliphatic imine (C=N–C) groups is 1. The number of halogens is 1. The zero-order valence-corrected chi connectivity index (χ0v) is 11.0. The van der Waals surface area contributed by atoms with Crippen LogP contribution in [0.5, 0.6) is 0 Å². The molecule has 0 spiro atoms. The quantitative estimate of drug-likeness (QED) is 0.750. The van der Waals surface area contributed by atoms with Crippen molar-refractivity contribution in [3.63, 3.8) is 0 Å². The van der Waals surface area contributed by atoms with Gasteiger partial charge in [0.15, 0.2) is 12.2 Å². The van der Waals surface area contributed by atoms with Gasteiger partial charge in [0.1, 0.15) is 10.8 Å². The smallest absolute Gasteiger partial charge is 0.196 e. The van der Waals surface area contributed by atoms with Crippen LogP contribution in [0.15, 0.2) is 29.3 Å². The highest BCUT2D eigenvalue weighted by molar-refractivity contribution is 7.20. The third-order valence-electron chi connectivity index (χ3n) is 3.04. The summed E-state index contributed by atoms with van der Waals surface area (Å²) in [5.41, 5.74) is 7.97. The van der Waals surface area contributed by atoms with Crippen LogP contribution >= 0.6 is 11.3 Å². The van der Waals surface area contributed by atoms with Gasteiger partial charge in [-0.05, 0) is 30.2 Å². The van der Waals surface area contributed by atoms with Gasteiger partial charge in [0.05, 0.1) is 0 Å². The second kappa shape index (κ2) is 4.32. The predicted molar refractivity (Wildman–Crippen MR) is 74.7 cm³/mol. The van der Waals surface area contributed by atoms with E-state index in [2.05, 4.69) is 10.3 Å². The molecule has 1 aliphatic rings. The van der Waals surface area contributed by atoms with Gasteiger partial charge in [-0.1, -0.05) is 12.1 Å². The zero-order chi connectivity index (χ0) is 13.6. The number of nitrogens with two attached hydrogens (primary N) is 1. The number of benzene rings is 1. The average Bonchev–Trinajstić information content (AvgIpc) is 2.66. The van der Waals surface area contributed by atoms with Crippen LogP contribution in [0.2, 0.25) is 0 Å². The highest BCUT2D eigenvalue weighted by Gasteiger charge is 2.25. The van der Waals surface area contributed by atoms with Gasteiger partial charge in [-0.2, -0.15) is 0 Å². The topological polar surface area (TPSA) is 70.6 Å². The minimum Gasteiger partial charge on any atom is -0.370 e. The van der Waals surface area contributed by atoms with Gasteiger partial charge in [-0.25, -0.2) is 9.38 Å². The van der Waals surface area contributed by atoms with Crippen LogP contribution < -0.4 is 11.1 Å². The average molecular weight is 277 g/mol. The van der Waals surface area contributed by atoms with Crippen LogP contribution in [0, 0.1) is 12.7 Å². The van der Waals surface area contributed by atoms with Crippen molar-refractivity contribution in [1.29, 1.82) is 0 Å². The van der Waals surface area contributed by atoms with Gasteiger partial charge in [0, 0.05) is 10.4 Å². The molecule has 98 valence electrons. The monoisotopic (exact) mass is 277 g/mol. The Morgan fingerprint density at radius 3 is 3.00 bits per heavy atom. The van der Waals surface area contributed by atoms with Crippen LogP contribution in [-0.4, -0.2) is 11.1 Å². The van der Waals surface area contributed by atoms with Gasteiger partial charge in [-0.15, -0.1) is 11.3 Å². The molecule has 1 aromatic heterocycles. The fraction of sp³-hybridized carbons (Fsp3) is 0.154. The Hall–Kier alpha value is -1.92. The fourth-order valence-corrected chi connectivity index (χ4v) is 3.42. The maximum absolute atomic E-state index is 13.3. The highest BCUT2D eigenvalue weighted by atomic mass is 32.1. The summed E-state index contributed by atoms with van der Waals surface area (Å²) < 4.78 is 13.3. The van der Waals surface area contributed by atoms with Crippen molar-refractivity contribution < 1.29 is 9.50 Å². The fourth-order valence-electron chi connectivity index (χ4n) is 2.18. The van der Waals surface area contributed by atoms with Crippen molar-refractivity contribution in [2.45, 2.75) is 13.2 Å². The molecule has 1 unspecified atom stereocenters. The maximum Gasteiger partial charge on any atom is 0.196 e. The number of hydrogen-bond donors (Lipinski definition) is 3. The van der Waals surface area contributed by atoms with Crippen molar-refractivity contribution in [2.75, 3.05) is 5.32 Å². The second-order valence-corrected chi connectivity index (χ2v) is 5.34. The van der Waals surface area contributed by atoms with Crippen molar-refractivity contribution in [2.24, 2.45) is 10.7 Å². The molecule has 0 fully saturated rings. The minimum absolute atomic E-state index is 0.187. The van der Waals surface area contributed by atoms with Gasteiger partial charge in [0.25, 0.3) is 0 Å². The molecular formula is C13H12FN3OS. The lowest BCUT2D eigenvalue weighted by Crippen LogP contribution is -2.27. The first kappa shape index (κ1) is 12.1. The maximum atomic E-state index is 13.3. The van der Waals surface area contributed by atoms with Gasteiger partial charge >= 0.3 is 0 Å². The first-order chi connectivity index (χ1) is 9.06. The molecule has 4 nitrogen and oxygen atoms in total. The summed E-state index contributed by atoms with van der Waals surface area (Å²) in [6, 6.07) is 6.38. The Kier molecular flexibility index (Phi) is 2.76. The van der Waals surface area contributed by atoms with E-state index in [-0.39, 0.29) is 11.8 Å². The Balaban J connectivity index is 2.14. The Bertz CT molecular complexity index is 681. The molecule has 1 aromatic carbocycles. The van der Waals surface area contributed by atoms with Crippen molar-refractivity contribution >= 4 is 22.3 Å². The molecule has 19 heavy (non-hydrogen) atoms. The van der Waals surface area contributed by atoms with E-state index in [9.17, 15) is 9.50 Å². The summed E-state index contributed by atoms with van der Waals surface area (Å²) in [6.45, 7) is 1.89. The Morgan fingerprint density at radius 2 is 2.26 bits per heavy atom. The van der Waals surface area contributed by atoms with Gasteiger partial charge < -0.3 is 16.2 Å². The number of thiophene rings is 1. The van der Waals surface area contributed by atoms with E-state index in [1.165, 1.54) is 23.5 Å². The molecule has 0 saturated carbocycles. The number of nitrogens with one attached hydrogen (secondary N) is 1. The third kappa shape index (κ3) is 1.98. The van der Waals surface area contributed by atoms with Crippen molar-refractivity contribution in [3.8, 4) is 10.4 Å². The summed E-state index contributed by atoms with van der Waals surface area (Å²) in [7, 11) is 0. The molecular weight excluding hydrogens is 265 g/mol. The molecule has 1 aliphatic heterocycles. The SMILES string of the molecule is Cc1c(-c2cccc(F)c2)sc2c1C(O)N=C(N)N2. The van der Waals surface area contributed by atoms with Crippen molar-refractivity contribution in [3.05, 3.63) is 41.2 Å². The molecule has 1 atom stereocenters. The van der Waals surface area contributed by atoms with E-state index in [0.29, 0.717) is 5.56 Å². The molecule has 4 N–H and O–H groups in total. The largest absolute Gasteiger partial charge is 0.370 e. The lowest BCUT2D eigenvalue weighted by atomic mass is 10.1. The number of fused-ring (bicyclic) bond motifs is 1. The number of anilines is 1. The van der Waals surface area contributed by atoms with E-state index in [1.807, 2.05) is 13.0 Å². The standard InChI is InChI=1S/C13H12FN3OS/c1-6-9-11(18)16-13(15)17-12(9)19-10(6)7-3-2-4-8(14)5-7/h2-5,11,18H,1H3,(H3,15,16,17). The summed E-state index contributed by atoms with van der Waals surface area (Å²) in [4.78, 5) is 4.78. The molecule has 0 radical (unpaired) electrons. The normalized spacial score (nSPS) is 17.6. The lowest BCUT2D eigenvalue weighted by Gasteiger charge is -2.16. The number of hydrogen-bond acceptors (Lipinski definition) is 5.